The summed E-state index contributed by atoms with van der Waals surface area (Å²) in [7, 11) is 0. The summed E-state index contributed by atoms with van der Waals surface area (Å²) in [5, 5.41) is 12.2. The summed E-state index contributed by atoms with van der Waals surface area (Å²) in [5.41, 5.74) is 0.0679. The number of carboxylic acids is 1. The van der Waals surface area contributed by atoms with Gasteiger partial charge in [0, 0.05) is 26.0 Å². The lowest BCUT2D eigenvalue weighted by Gasteiger charge is -2.11. The minimum Gasteiger partial charge on any atom is -0.478 e. The van der Waals surface area contributed by atoms with Crippen LogP contribution in [0.15, 0.2) is 12.3 Å². The molecule has 0 saturated carbocycles. The number of ether oxygens (including phenoxy) is 1. The van der Waals surface area contributed by atoms with E-state index in [0.717, 1.165) is 26.1 Å². The molecule has 0 spiro atoms. The van der Waals surface area contributed by atoms with Crippen molar-refractivity contribution in [3.63, 3.8) is 0 Å². The Bertz CT molecular complexity index is 433. The maximum atomic E-state index is 10.9. The van der Waals surface area contributed by atoms with Gasteiger partial charge >= 0.3 is 5.97 Å². The standard InChI is InChI=1S/C12H15ClN2O3/c13-10-9(12(16)17)2-5-15-11(10)14-4-1-8-3-6-18-7-8/h2,5,8H,1,3-4,6-7H2,(H,14,15)(H,16,17). The summed E-state index contributed by atoms with van der Waals surface area (Å²) in [6.07, 6.45) is 3.49. The van der Waals surface area contributed by atoms with Crippen molar-refractivity contribution in [2.75, 3.05) is 25.1 Å². The van der Waals surface area contributed by atoms with Gasteiger partial charge in [0.05, 0.1) is 10.6 Å². The summed E-state index contributed by atoms with van der Waals surface area (Å²) in [4.78, 5) is 14.9. The third kappa shape index (κ3) is 3.11. The number of aromatic nitrogens is 1. The molecule has 1 aliphatic rings. The van der Waals surface area contributed by atoms with Gasteiger partial charge in [0.1, 0.15) is 5.82 Å². The fourth-order valence-electron chi connectivity index (χ4n) is 1.94. The van der Waals surface area contributed by atoms with E-state index >= 15 is 0 Å². The molecular weight excluding hydrogens is 256 g/mol. The topological polar surface area (TPSA) is 71.5 Å². The number of nitrogens with zero attached hydrogens (tertiary/aromatic N) is 1. The van der Waals surface area contributed by atoms with E-state index in [9.17, 15) is 4.79 Å². The molecule has 1 aromatic rings. The van der Waals surface area contributed by atoms with Gasteiger partial charge in [-0.25, -0.2) is 9.78 Å². The van der Waals surface area contributed by atoms with Crippen molar-refractivity contribution in [3.8, 4) is 0 Å². The maximum absolute atomic E-state index is 10.9. The van der Waals surface area contributed by atoms with Crippen LogP contribution in [0.1, 0.15) is 23.2 Å². The predicted octanol–water partition coefficient (Wildman–Crippen LogP) is 2.27. The van der Waals surface area contributed by atoms with Crippen molar-refractivity contribution in [3.05, 3.63) is 22.8 Å². The van der Waals surface area contributed by atoms with Gasteiger partial charge < -0.3 is 15.2 Å². The number of carboxylic acid groups (broad SMARTS) is 1. The highest BCUT2D eigenvalue weighted by Crippen LogP contribution is 2.24. The van der Waals surface area contributed by atoms with Crippen molar-refractivity contribution in [2.24, 2.45) is 5.92 Å². The first-order valence-corrected chi connectivity index (χ1v) is 6.25. The van der Waals surface area contributed by atoms with Gasteiger partial charge in [-0.3, -0.25) is 0 Å². The van der Waals surface area contributed by atoms with Crippen LogP contribution >= 0.6 is 11.6 Å². The highest BCUT2D eigenvalue weighted by atomic mass is 35.5. The Kier molecular flexibility index (Phi) is 4.38. The van der Waals surface area contributed by atoms with Gasteiger partial charge in [-0.2, -0.15) is 0 Å². The Morgan fingerprint density at radius 3 is 3.17 bits per heavy atom. The van der Waals surface area contributed by atoms with E-state index in [2.05, 4.69) is 10.3 Å². The smallest absolute Gasteiger partial charge is 0.337 e. The number of nitrogens with one attached hydrogen (secondary N) is 1. The Morgan fingerprint density at radius 2 is 2.50 bits per heavy atom. The van der Waals surface area contributed by atoms with Crippen molar-refractivity contribution in [1.82, 2.24) is 4.98 Å². The minimum absolute atomic E-state index is 0.0679. The summed E-state index contributed by atoms with van der Waals surface area (Å²) < 4.78 is 5.29. The van der Waals surface area contributed by atoms with E-state index in [1.54, 1.807) is 0 Å². The van der Waals surface area contributed by atoms with E-state index in [1.165, 1.54) is 12.3 Å². The molecule has 1 unspecified atom stereocenters. The SMILES string of the molecule is O=C(O)c1ccnc(NCCC2CCOC2)c1Cl. The Morgan fingerprint density at radius 1 is 1.67 bits per heavy atom. The monoisotopic (exact) mass is 270 g/mol. The van der Waals surface area contributed by atoms with Gasteiger partial charge in [-0.15, -0.1) is 0 Å². The molecule has 0 radical (unpaired) electrons. The van der Waals surface area contributed by atoms with Crippen LogP contribution in [0.3, 0.4) is 0 Å². The molecule has 0 aliphatic carbocycles. The predicted molar refractivity (Wildman–Crippen MR) is 68.2 cm³/mol. The number of halogens is 1. The van der Waals surface area contributed by atoms with Crippen LogP contribution in [-0.4, -0.2) is 35.8 Å². The zero-order valence-corrected chi connectivity index (χ0v) is 10.6. The van der Waals surface area contributed by atoms with E-state index in [4.69, 9.17) is 21.4 Å². The normalized spacial score (nSPS) is 18.8. The van der Waals surface area contributed by atoms with E-state index < -0.39 is 5.97 Å². The Hall–Kier alpha value is -1.33. The second-order valence-corrected chi connectivity index (χ2v) is 4.65. The van der Waals surface area contributed by atoms with E-state index in [0.29, 0.717) is 18.3 Å². The molecule has 0 amide bonds. The lowest BCUT2D eigenvalue weighted by Crippen LogP contribution is -2.11. The third-order valence-electron chi connectivity index (χ3n) is 2.99. The third-order valence-corrected chi connectivity index (χ3v) is 3.37. The zero-order chi connectivity index (χ0) is 13.0. The molecule has 1 saturated heterocycles. The first-order chi connectivity index (χ1) is 8.68. The molecule has 1 fully saturated rings. The number of pyridine rings is 1. The lowest BCUT2D eigenvalue weighted by atomic mass is 10.1. The lowest BCUT2D eigenvalue weighted by molar-refractivity contribution is 0.0697. The van der Waals surface area contributed by atoms with Gasteiger partial charge in [-0.05, 0) is 24.8 Å². The van der Waals surface area contributed by atoms with E-state index in [-0.39, 0.29) is 10.6 Å². The quantitative estimate of drug-likeness (QED) is 0.859. The number of carbonyl (C=O) groups is 1. The van der Waals surface area contributed by atoms with Crippen molar-refractivity contribution in [1.29, 1.82) is 0 Å². The molecule has 1 atom stereocenters. The average Bonchev–Trinajstić information content (AvgIpc) is 2.84. The van der Waals surface area contributed by atoms with Crippen LogP contribution in [-0.2, 0) is 4.74 Å². The molecule has 1 aromatic heterocycles. The molecule has 98 valence electrons. The van der Waals surface area contributed by atoms with Crippen LogP contribution in [0.25, 0.3) is 0 Å². The fourth-order valence-corrected chi connectivity index (χ4v) is 2.20. The Balaban J connectivity index is 1.92. The summed E-state index contributed by atoms with van der Waals surface area (Å²) in [6, 6.07) is 1.39. The van der Waals surface area contributed by atoms with Crippen LogP contribution in [0, 0.1) is 5.92 Å². The van der Waals surface area contributed by atoms with Crippen LogP contribution < -0.4 is 5.32 Å². The second-order valence-electron chi connectivity index (χ2n) is 4.27. The molecule has 0 aromatic carbocycles. The van der Waals surface area contributed by atoms with Crippen molar-refractivity contribution < 1.29 is 14.6 Å². The fraction of sp³-hybridized carbons (Fsp3) is 0.500. The molecule has 0 bridgehead atoms. The number of hydrogen-bond donors (Lipinski definition) is 2. The molecular formula is C12H15ClN2O3. The van der Waals surface area contributed by atoms with Crippen LogP contribution in [0.5, 0.6) is 0 Å². The highest BCUT2D eigenvalue weighted by molar-refractivity contribution is 6.35. The van der Waals surface area contributed by atoms with Crippen LogP contribution in [0.2, 0.25) is 5.02 Å². The van der Waals surface area contributed by atoms with Gasteiger partial charge in [0.25, 0.3) is 0 Å². The van der Waals surface area contributed by atoms with Crippen molar-refractivity contribution in [2.45, 2.75) is 12.8 Å². The van der Waals surface area contributed by atoms with Gasteiger partial charge in [-0.1, -0.05) is 11.6 Å². The average molecular weight is 271 g/mol. The molecule has 2 N–H and O–H groups in total. The largest absolute Gasteiger partial charge is 0.478 e. The number of aromatic carboxylic acids is 1. The van der Waals surface area contributed by atoms with E-state index in [1.807, 2.05) is 0 Å². The van der Waals surface area contributed by atoms with Crippen molar-refractivity contribution >= 4 is 23.4 Å². The first kappa shape index (κ1) is 13.1. The molecule has 6 heteroatoms. The molecule has 2 rings (SSSR count). The van der Waals surface area contributed by atoms with Crippen LogP contribution in [0.4, 0.5) is 5.82 Å². The van der Waals surface area contributed by atoms with Gasteiger partial charge in [0.15, 0.2) is 0 Å². The second kappa shape index (κ2) is 6.02. The number of hydrogen-bond acceptors (Lipinski definition) is 4. The summed E-state index contributed by atoms with van der Waals surface area (Å²) in [6.45, 7) is 2.35. The summed E-state index contributed by atoms with van der Waals surface area (Å²) in [5.74, 6) is -0.0518. The highest BCUT2D eigenvalue weighted by Gasteiger charge is 2.16. The molecule has 18 heavy (non-hydrogen) atoms. The number of rotatable bonds is 5. The zero-order valence-electron chi connectivity index (χ0n) is 9.86. The maximum Gasteiger partial charge on any atom is 0.337 e. The molecule has 2 heterocycles. The first-order valence-electron chi connectivity index (χ1n) is 5.88. The molecule has 1 aliphatic heterocycles. The summed E-state index contributed by atoms with van der Waals surface area (Å²) >= 11 is 5.97. The minimum atomic E-state index is -1.05. The molecule has 5 nitrogen and oxygen atoms in total. The Labute approximate surface area is 110 Å². The number of anilines is 1. The van der Waals surface area contributed by atoms with Gasteiger partial charge in [0.2, 0.25) is 0 Å².